The second kappa shape index (κ2) is 5.57. The number of aromatic carboxylic acids is 1. The molecule has 2 N–H and O–H groups in total. The highest BCUT2D eigenvalue weighted by atomic mass is 79.9. The standard InChI is InChI=1S/C14H9BrN4O3/c15-9-3-1-8(2-4-9)13(20)18-10-5-16-12-11(14(21)22)6-17-19(12)7-10/h1-7H,(H,18,20)(H,21,22). The van der Waals surface area contributed by atoms with Crippen molar-refractivity contribution in [2.45, 2.75) is 0 Å². The molecule has 0 bridgehead atoms. The van der Waals surface area contributed by atoms with Crippen LogP contribution in [0.25, 0.3) is 5.65 Å². The summed E-state index contributed by atoms with van der Waals surface area (Å²) in [6.45, 7) is 0. The maximum atomic E-state index is 12.1. The molecule has 3 rings (SSSR count). The number of aromatic nitrogens is 3. The van der Waals surface area contributed by atoms with Crippen LogP contribution in [0.5, 0.6) is 0 Å². The summed E-state index contributed by atoms with van der Waals surface area (Å²) in [6.07, 6.45) is 4.11. The van der Waals surface area contributed by atoms with E-state index in [4.69, 9.17) is 5.11 Å². The number of hydrogen-bond acceptors (Lipinski definition) is 4. The Bertz CT molecular complexity index is 873. The first-order valence-corrected chi connectivity index (χ1v) is 6.97. The third-order valence-electron chi connectivity index (χ3n) is 2.95. The number of carboxylic acids is 1. The first-order chi connectivity index (χ1) is 10.5. The number of amides is 1. The van der Waals surface area contributed by atoms with Crippen LogP contribution in [0.3, 0.4) is 0 Å². The fourth-order valence-corrected chi connectivity index (χ4v) is 2.16. The summed E-state index contributed by atoms with van der Waals surface area (Å²) >= 11 is 3.30. The summed E-state index contributed by atoms with van der Waals surface area (Å²) in [5.74, 6) is -1.39. The number of nitrogens with zero attached hydrogens (tertiary/aromatic N) is 3. The first-order valence-electron chi connectivity index (χ1n) is 6.18. The molecule has 0 radical (unpaired) electrons. The number of fused-ring (bicyclic) bond motifs is 1. The van der Waals surface area contributed by atoms with Gasteiger partial charge in [0.15, 0.2) is 5.65 Å². The third kappa shape index (κ3) is 2.68. The lowest BCUT2D eigenvalue weighted by Gasteiger charge is -2.05. The van der Waals surface area contributed by atoms with Crippen molar-refractivity contribution in [2.75, 3.05) is 5.32 Å². The van der Waals surface area contributed by atoms with Crippen LogP contribution in [-0.2, 0) is 0 Å². The van der Waals surface area contributed by atoms with Gasteiger partial charge in [0.25, 0.3) is 5.91 Å². The van der Waals surface area contributed by atoms with Gasteiger partial charge in [0.05, 0.1) is 24.3 Å². The number of benzene rings is 1. The van der Waals surface area contributed by atoms with E-state index in [9.17, 15) is 9.59 Å². The second-order valence-electron chi connectivity index (χ2n) is 4.44. The van der Waals surface area contributed by atoms with Crippen molar-refractivity contribution in [3.63, 3.8) is 0 Å². The van der Waals surface area contributed by atoms with Gasteiger partial charge < -0.3 is 10.4 Å². The Morgan fingerprint density at radius 1 is 1.18 bits per heavy atom. The van der Waals surface area contributed by atoms with E-state index in [0.717, 1.165) is 4.47 Å². The zero-order valence-electron chi connectivity index (χ0n) is 11.0. The maximum absolute atomic E-state index is 12.1. The van der Waals surface area contributed by atoms with E-state index >= 15 is 0 Å². The molecule has 0 aliphatic rings. The van der Waals surface area contributed by atoms with E-state index in [1.54, 1.807) is 24.3 Å². The van der Waals surface area contributed by atoms with Gasteiger partial charge in [0.1, 0.15) is 5.56 Å². The molecular formula is C14H9BrN4O3. The van der Waals surface area contributed by atoms with E-state index in [-0.39, 0.29) is 17.1 Å². The summed E-state index contributed by atoms with van der Waals surface area (Å²) in [6, 6.07) is 6.90. The normalized spacial score (nSPS) is 10.6. The highest BCUT2D eigenvalue weighted by molar-refractivity contribution is 9.10. The predicted molar refractivity (Wildman–Crippen MR) is 82.0 cm³/mol. The zero-order chi connectivity index (χ0) is 15.7. The Balaban J connectivity index is 1.86. The summed E-state index contributed by atoms with van der Waals surface area (Å²) in [7, 11) is 0. The molecule has 2 aromatic heterocycles. The van der Waals surface area contributed by atoms with Crippen molar-refractivity contribution in [3.8, 4) is 0 Å². The largest absolute Gasteiger partial charge is 0.477 e. The topological polar surface area (TPSA) is 96.6 Å². The monoisotopic (exact) mass is 360 g/mol. The Labute approximate surface area is 132 Å². The molecule has 7 nitrogen and oxygen atoms in total. The molecule has 0 saturated heterocycles. The number of rotatable bonds is 3. The average Bonchev–Trinajstić information content (AvgIpc) is 2.91. The molecule has 8 heteroatoms. The van der Waals surface area contributed by atoms with E-state index < -0.39 is 5.97 Å². The highest BCUT2D eigenvalue weighted by Gasteiger charge is 2.13. The predicted octanol–water partition coefficient (Wildman–Crippen LogP) is 2.44. The highest BCUT2D eigenvalue weighted by Crippen LogP contribution is 2.14. The number of carboxylic acid groups (broad SMARTS) is 1. The van der Waals surface area contributed by atoms with E-state index in [0.29, 0.717) is 11.3 Å². The molecule has 0 unspecified atom stereocenters. The molecule has 0 aliphatic heterocycles. The molecule has 0 spiro atoms. The Hall–Kier alpha value is -2.74. The van der Waals surface area contributed by atoms with Gasteiger partial charge in [0, 0.05) is 10.0 Å². The van der Waals surface area contributed by atoms with Gasteiger partial charge in [-0.15, -0.1) is 0 Å². The lowest BCUT2D eigenvalue weighted by atomic mass is 10.2. The van der Waals surface area contributed by atoms with Crippen molar-refractivity contribution in [2.24, 2.45) is 0 Å². The van der Waals surface area contributed by atoms with E-state index in [1.165, 1.54) is 23.1 Å². The van der Waals surface area contributed by atoms with E-state index in [2.05, 4.69) is 31.3 Å². The van der Waals surface area contributed by atoms with Crippen LogP contribution in [0.2, 0.25) is 0 Å². The first kappa shape index (κ1) is 14.2. The van der Waals surface area contributed by atoms with Crippen molar-refractivity contribution < 1.29 is 14.7 Å². The molecule has 1 amide bonds. The smallest absolute Gasteiger partial charge is 0.341 e. The summed E-state index contributed by atoms with van der Waals surface area (Å²) < 4.78 is 2.19. The van der Waals surface area contributed by atoms with Gasteiger partial charge in [-0.1, -0.05) is 15.9 Å². The lowest BCUT2D eigenvalue weighted by molar-refractivity contribution is 0.0698. The van der Waals surface area contributed by atoms with Gasteiger partial charge in [-0.3, -0.25) is 4.79 Å². The van der Waals surface area contributed by atoms with Gasteiger partial charge in [0.2, 0.25) is 0 Å². The molecule has 3 aromatic rings. The molecule has 110 valence electrons. The van der Waals surface area contributed by atoms with Crippen molar-refractivity contribution in [1.29, 1.82) is 0 Å². The third-order valence-corrected chi connectivity index (χ3v) is 3.48. The minimum atomic E-state index is -1.10. The van der Waals surface area contributed by atoms with Crippen molar-refractivity contribution in [1.82, 2.24) is 14.6 Å². The van der Waals surface area contributed by atoms with Gasteiger partial charge in [-0.05, 0) is 24.3 Å². The van der Waals surface area contributed by atoms with Gasteiger partial charge >= 0.3 is 5.97 Å². The van der Waals surface area contributed by atoms with Gasteiger partial charge in [-0.2, -0.15) is 5.10 Å². The summed E-state index contributed by atoms with van der Waals surface area (Å²) in [4.78, 5) is 27.1. The SMILES string of the molecule is O=C(Nc1cnc2c(C(=O)O)cnn2c1)c1ccc(Br)cc1. The zero-order valence-corrected chi connectivity index (χ0v) is 12.6. The number of carbonyl (C=O) groups is 2. The molecular weight excluding hydrogens is 352 g/mol. The number of anilines is 1. The number of carbonyl (C=O) groups excluding carboxylic acids is 1. The average molecular weight is 361 g/mol. The van der Waals surface area contributed by atoms with Crippen molar-refractivity contribution in [3.05, 3.63) is 58.5 Å². The Morgan fingerprint density at radius 2 is 1.91 bits per heavy atom. The van der Waals surface area contributed by atoms with Crippen LogP contribution in [0.4, 0.5) is 5.69 Å². The Morgan fingerprint density at radius 3 is 2.59 bits per heavy atom. The molecule has 2 heterocycles. The minimum Gasteiger partial charge on any atom is -0.477 e. The maximum Gasteiger partial charge on any atom is 0.341 e. The molecule has 0 saturated carbocycles. The molecule has 0 atom stereocenters. The fourth-order valence-electron chi connectivity index (χ4n) is 1.89. The number of hydrogen-bond donors (Lipinski definition) is 2. The van der Waals surface area contributed by atoms with Crippen LogP contribution in [-0.4, -0.2) is 31.6 Å². The van der Waals surface area contributed by atoms with Crippen LogP contribution in [0.1, 0.15) is 20.7 Å². The summed E-state index contributed by atoms with van der Waals surface area (Å²) in [5.41, 5.74) is 1.13. The van der Waals surface area contributed by atoms with Crippen molar-refractivity contribution >= 4 is 39.1 Å². The number of halogens is 1. The van der Waals surface area contributed by atoms with Gasteiger partial charge in [-0.25, -0.2) is 14.3 Å². The van der Waals surface area contributed by atoms with Crippen LogP contribution in [0, 0.1) is 0 Å². The fraction of sp³-hybridized carbons (Fsp3) is 0. The molecule has 22 heavy (non-hydrogen) atoms. The second-order valence-corrected chi connectivity index (χ2v) is 5.35. The van der Waals surface area contributed by atoms with Crippen LogP contribution < -0.4 is 5.32 Å². The molecule has 0 aliphatic carbocycles. The molecule has 0 fully saturated rings. The molecule has 1 aromatic carbocycles. The van der Waals surface area contributed by atoms with Crippen LogP contribution >= 0.6 is 15.9 Å². The summed E-state index contributed by atoms with van der Waals surface area (Å²) in [5, 5.41) is 15.6. The minimum absolute atomic E-state index is 0.00536. The lowest BCUT2D eigenvalue weighted by Crippen LogP contribution is -2.12. The quantitative estimate of drug-likeness (QED) is 0.747. The van der Waals surface area contributed by atoms with Crippen LogP contribution in [0.15, 0.2) is 47.3 Å². The number of nitrogens with one attached hydrogen (secondary N) is 1. The Kier molecular flexibility index (Phi) is 3.60. The van der Waals surface area contributed by atoms with E-state index in [1.807, 2.05) is 0 Å².